The SMILES string of the molecule is CC[C@@]1(O)C(=O)OCc2c1cc1n(c2=O)Cc2c-1nc1ccccc1c2OC(=O)N1CCC(N2CCCCC2)CC1. The summed E-state index contributed by atoms with van der Waals surface area (Å²) < 4.78 is 12.9. The predicted molar refractivity (Wildman–Crippen MR) is 151 cm³/mol. The number of carbonyl (C=O) groups is 2. The number of para-hydroxylation sites is 1. The summed E-state index contributed by atoms with van der Waals surface area (Å²) in [5.74, 6) is -0.367. The van der Waals surface area contributed by atoms with Crippen molar-refractivity contribution in [3.8, 4) is 17.1 Å². The molecule has 1 amide bonds. The topological polar surface area (TPSA) is 114 Å². The molecule has 214 valence electrons. The largest absolute Gasteiger partial charge is 0.458 e. The number of fused-ring (bicyclic) bond motifs is 5. The van der Waals surface area contributed by atoms with Crippen LogP contribution in [0.25, 0.3) is 22.3 Å². The number of hydrogen-bond donors (Lipinski definition) is 1. The van der Waals surface area contributed by atoms with Gasteiger partial charge in [-0.15, -0.1) is 0 Å². The number of ether oxygens (including phenoxy) is 2. The predicted octanol–water partition coefficient (Wildman–Crippen LogP) is 3.53. The number of rotatable bonds is 3. The lowest BCUT2D eigenvalue weighted by Gasteiger charge is -2.39. The van der Waals surface area contributed by atoms with Gasteiger partial charge in [-0.25, -0.2) is 14.6 Å². The van der Waals surface area contributed by atoms with E-state index in [1.807, 2.05) is 24.3 Å². The molecule has 1 atom stereocenters. The molecule has 4 aliphatic rings. The Labute approximate surface area is 237 Å². The van der Waals surface area contributed by atoms with Crippen LogP contribution in [0.2, 0.25) is 0 Å². The molecular formula is C31H34N4O6. The van der Waals surface area contributed by atoms with Gasteiger partial charge in [-0.2, -0.15) is 0 Å². The average Bonchev–Trinajstić information content (AvgIpc) is 3.38. The van der Waals surface area contributed by atoms with Crippen LogP contribution >= 0.6 is 0 Å². The first-order valence-corrected chi connectivity index (χ1v) is 14.7. The van der Waals surface area contributed by atoms with Crippen molar-refractivity contribution < 1.29 is 24.2 Å². The zero-order valence-electron chi connectivity index (χ0n) is 23.2. The molecule has 7 rings (SSSR count). The van der Waals surface area contributed by atoms with Gasteiger partial charge in [0.2, 0.25) is 0 Å². The lowest BCUT2D eigenvalue weighted by atomic mass is 9.86. The number of cyclic esters (lactones) is 1. The van der Waals surface area contributed by atoms with Gasteiger partial charge in [0.05, 0.1) is 29.0 Å². The molecule has 41 heavy (non-hydrogen) atoms. The van der Waals surface area contributed by atoms with Crippen molar-refractivity contribution in [1.82, 2.24) is 19.4 Å². The fourth-order valence-corrected chi connectivity index (χ4v) is 6.96. The molecule has 1 aromatic carbocycles. The van der Waals surface area contributed by atoms with Crippen molar-refractivity contribution in [1.29, 1.82) is 0 Å². The minimum atomic E-state index is -1.91. The Morgan fingerprint density at radius 3 is 2.61 bits per heavy atom. The molecule has 4 aliphatic heterocycles. The highest BCUT2D eigenvalue weighted by atomic mass is 16.6. The molecule has 0 aliphatic carbocycles. The van der Waals surface area contributed by atoms with Crippen LogP contribution in [0.5, 0.6) is 5.75 Å². The van der Waals surface area contributed by atoms with Crippen molar-refractivity contribution in [3.05, 3.63) is 57.4 Å². The summed E-state index contributed by atoms with van der Waals surface area (Å²) >= 11 is 0. The first-order valence-electron chi connectivity index (χ1n) is 14.7. The quantitative estimate of drug-likeness (QED) is 0.380. The molecule has 6 heterocycles. The third-order valence-electron chi connectivity index (χ3n) is 9.36. The summed E-state index contributed by atoms with van der Waals surface area (Å²) in [5.41, 5.74) is 0.501. The van der Waals surface area contributed by atoms with Crippen molar-refractivity contribution >= 4 is 23.0 Å². The second-order valence-corrected chi connectivity index (χ2v) is 11.6. The van der Waals surface area contributed by atoms with E-state index in [1.165, 1.54) is 19.3 Å². The third-order valence-corrected chi connectivity index (χ3v) is 9.36. The number of benzene rings is 1. The van der Waals surface area contributed by atoms with Gasteiger partial charge in [-0.3, -0.25) is 4.79 Å². The number of likely N-dealkylation sites (tertiary alicyclic amines) is 2. The molecule has 0 unspecified atom stereocenters. The molecule has 0 radical (unpaired) electrons. The van der Waals surface area contributed by atoms with Crippen LogP contribution in [0.3, 0.4) is 0 Å². The Bertz CT molecular complexity index is 1620. The number of aromatic nitrogens is 2. The van der Waals surface area contributed by atoms with Crippen molar-refractivity contribution in [3.63, 3.8) is 0 Å². The average molecular weight is 559 g/mol. The lowest BCUT2D eigenvalue weighted by molar-refractivity contribution is -0.172. The second kappa shape index (κ2) is 9.95. The van der Waals surface area contributed by atoms with E-state index in [-0.39, 0.29) is 36.3 Å². The zero-order valence-corrected chi connectivity index (χ0v) is 23.2. The fourth-order valence-electron chi connectivity index (χ4n) is 6.96. The Hall–Kier alpha value is -3.76. The number of nitrogens with zero attached hydrogens (tertiary/aromatic N) is 4. The van der Waals surface area contributed by atoms with Crippen LogP contribution in [-0.4, -0.2) is 68.7 Å². The second-order valence-electron chi connectivity index (χ2n) is 11.6. The maximum absolute atomic E-state index is 13.6. The van der Waals surface area contributed by atoms with Crippen LogP contribution in [0.1, 0.15) is 62.1 Å². The van der Waals surface area contributed by atoms with E-state index in [9.17, 15) is 19.5 Å². The van der Waals surface area contributed by atoms with Crippen LogP contribution in [0, 0.1) is 0 Å². The van der Waals surface area contributed by atoms with Crippen LogP contribution in [-0.2, 0) is 28.3 Å². The molecule has 2 aromatic heterocycles. The van der Waals surface area contributed by atoms with Gasteiger partial charge in [0.1, 0.15) is 12.4 Å². The molecule has 0 bridgehead atoms. The Morgan fingerprint density at radius 1 is 1.10 bits per heavy atom. The van der Waals surface area contributed by atoms with E-state index in [2.05, 4.69) is 4.90 Å². The molecule has 3 aromatic rings. The number of amides is 1. The molecular weight excluding hydrogens is 524 g/mol. The lowest BCUT2D eigenvalue weighted by Crippen LogP contribution is -2.48. The van der Waals surface area contributed by atoms with Crippen LogP contribution in [0.4, 0.5) is 4.79 Å². The fraction of sp³-hybridized carbons (Fsp3) is 0.484. The first kappa shape index (κ1) is 26.2. The van der Waals surface area contributed by atoms with Gasteiger partial charge >= 0.3 is 12.1 Å². The van der Waals surface area contributed by atoms with Crippen LogP contribution in [0.15, 0.2) is 35.1 Å². The van der Waals surface area contributed by atoms with Crippen molar-refractivity contribution in [2.75, 3.05) is 26.2 Å². The van der Waals surface area contributed by atoms with Gasteiger partial charge in [-0.1, -0.05) is 25.5 Å². The van der Waals surface area contributed by atoms with E-state index in [1.54, 1.807) is 22.5 Å². The molecule has 10 heteroatoms. The number of pyridine rings is 2. The maximum atomic E-state index is 13.6. The summed E-state index contributed by atoms with van der Waals surface area (Å²) in [6.07, 6.45) is 5.32. The number of esters is 1. The zero-order chi connectivity index (χ0) is 28.3. The summed E-state index contributed by atoms with van der Waals surface area (Å²) in [4.78, 5) is 48.9. The molecule has 10 nitrogen and oxygen atoms in total. The van der Waals surface area contributed by atoms with E-state index < -0.39 is 17.7 Å². The van der Waals surface area contributed by atoms with Gasteiger partial charge < -0.3 is 28.9 Å². The number of hydrogen-bond acceptors (Lipinski definition) is 8. The molecule has 1 N–H and O–H groups in total. The minimum Gasteiger partial charge on any atom is -0.458 e. The monoisotopic (exact) mass is 558 g/mol. The number of carbonyl (C=O) groups excluding carboxylic acids is 2. The Balaban J connectivity index is 1.23. The van der Waals surface area contributed by atoms with E-state index in [4.69, 9.17) is 14.5 Å². The number of aliphatic hydroxyl groups is 1. The molecule has 0 spiro atoms. The highest BCUT2D eigenvalue weighted by Gasteiger charge is 2.45. The minimum absolute atomic E-state index is 0.0665. The normalized spacial score (nSPS) is 22.7. The highest BCUT2D eigenvalue weighted by Crippen LogP contribution is 2.43. The maximum Gasteiger partial charge on any atom is 0.415 e. The van der Waals surface area contributed by atoms with Gasteiger partial charge in [0.25, 0.3) is 5.56 Å². The summed E-state index contributed by atoms with van der Waals surface area (Å²) in [5, 5.41) is 11.9. The molecule has 2 saturated heterocycles. The van der Waals surface area contributed by atoms with Crippen LogP contribution < -0.4 is 10.3 Å². The van der Waals surface area contributed by atoms with Crippen molar-refractivity contribution in [2.45, 2.75) is 70.2 Å². The van der Waals surface area contributed by atoms with Crippen molar-refractivity contribution in [2.24, 2.45) is 0 Å². The summed E-state index contributed by atoms with van der Waals surface area (Å²) in [6, 6.07) is 9.62. The third kappa shape index (κ3) is 4.15. The van der Waals surface area contributed by atoms with E-state index in [0.29, 0.717) is 52.7 Å². The Morgan fingerprint density at radius 2 is 1.85 bits per heavy atom. The van der Waals surface area contributed by atoms with E-state index in [0.717, 1.165) is 25.9 Å². The standard InChI is InChI=1S/C31H34N4O6/c1-2-31(39)23-16-25-26-21(17-35(25)28(36)22(23)18-40-29(31)37)27(20-8-4-5-9-24(20)32-26)41-30(38)34-14-10-19(11-15-34)33-12-6-3-7-13-33/h4-5,8-9,16,19,39H,2-3,6-7,10-15,17-18H2,1H3/t31-/m0/s1. The molecule has 0 saturated carbocycles. The van der Waals surface area contributed by atoms with Gasteiger partial charge in [-0.05, 0) is 63.4 Å². The summed E-state index contributed by atoms with van der Waals surface area (Å²) in [6.45, 7) is 5.20. The smallest absolute Gasteiger partial charge is 0.415 e. The van der Waals surface area contributed by atoms with Gasteiger partial charge in [0, 0.05) is 35.6 Å². The number of piperidine rings is 2. The van der Waals surface area contributed by atoms with Gasteiger partial charge in [0.15, 0.2) is 5.60 Å². The Kier molecular flexibility index (Phi) is 6.35. The molecule has 2 fully saturated rings. The summed E-state index contributed by atoms with van der Waals surface area (Å²) in [7, 11) is 0. The highest BCUT2D eigenvalue weighted by molar-refractivity contribution is 5.93. The van der Waals surface area contributed by atoms with E-state index >= 15 is 0 Å². The first-order chi connectivity index (χ1) is 19.9.